The van der Waals surface area contributed by atoms with Crippen molar-refractivity contribution in [3.05, 3.63) is 58.7 Å². The summed E-state index contributed by atoms with van der Waals surface area (Å²) in [4.78, 5) is 10.8. The Balaban J connectivity index is 2.51. The minimum Gasteiger partial charge on any atom is -0.252 e. The lowest BCUT2D eigenvalue weighted by molar-refractivity contribution is 0.693. The van der Waals surface area contributed by atoms with Gasteiger partial charge in [0, 0.05) is 0 Å². The van der Waals surface area contributed by atoms with Gasteiger partial charge in [-0.15, -0.1) is 0 Å². The molecule has 2 nitrogen and oxygen atoms in total. The Kier molecular flexibility index (Phi) is 20.8. The molecule has 0 unspecified atom stereocenters. The summed E-state index contributed by atoms with van der Waals surface area (Å²) in [7, 11) is 0. The highest BCUT2D eigenvalue weighted by atomic mass is 14.8. The predicted molar refractivity (Wildman–Crippen MR) is 199 cm³/mol. The van der Waals surface area contributed by atoms with Crippen molar-refractivity contribution in [3.8, 4) is 0 Å². The average Bonchev–Trinajstić information content (AvgIpc) is 3.03. The van der Waals surface area contributed by atoms with Crippen molar-refractivity contribution in [2.24, 2.45) is 9.98 Å². The lowest BCUT2D eigenvalue weighted by atomic mass is 9.96. The quantitative estimate of drug-likeness (QED) is 0.0800. The molecule has 44 heavy (non-hydrogen) atoms. The third kappa shape index (κ3) is 14.7. The zero-order valence-corrected chi connectivity index (χ0v) is 29.9. The molecule has 0 aliphatic rings. The van der Waals surface area contributed by atoms with Gasteiger partial charge in [-0.05, 0) is 124 Å². The average molecular weight is 601 g/mol. The molecule has 0 spiro atoms. The van der Waals surface area contributed by atoms with Gasteiger partial charge in [-0.2, -0.15) is 0 Å². The van der Waals surface area contributed by atoms with Crippen molar-refractivity contribution in [3.63, 3.8) is 0 Å². The molecule has 0 saturated heterocycles. The van der Waals surface area contributed by atoms with Crippen molar-refractivity contribution in [1.82, 2.24) is 0 Å². The Labute approximate surface area is 273 Å². The summed E-state index contributed by atoms with van der Waals surface area (Å²) in [6, 6.07) is 14.2. The molecule has 0 aromatic heterocycles. The maximum absolute atomic E-state index is 5.41. The second kappa shape index (κ2) is 24.1. The largest absolute Gasteiger partial charge is 0.252 e. The van der Waals surface area contributed by atoms with E-state index >= 15 is 0 Å². The third-order valence-corrected chi connectivity index (χ3v) is 8.97. The first-order valence-electron chi connectivity index (χ1n) is 19.0. The SMILES string of the molecule is CCCCCc1ccc(N=C(CCCC)C(CCCC)=Nc2ccc(CCCCC)c(CCCCC)c2)cc1CCCCC. The Morgan fingerprint density at radius 1 is 0.386 bits per heavy atom. The fourth-order valence-corrected chi connectivity index (χ4v) is 6.11. The van der Waals surface area contributed by atoms with E-state index in [9.17, 15) is 0 Å². The second-order valence-corrected chi connectivity index (χ2v) is 13.1. The molecular formula is C42H68N2. The minimum absolute atomic E-state index is 1.00. The highest BCUT2D eigenvalue weighted by molar-refractivity contribution is 6.43. The van der Waals surface area contributed by atoms with Crippen molar-refractivity contribution in [2.75, 3.05) is 0 Å². The molecule has 0 bridgehead atoms. The molecule has 0 heterocycles. The molecule has 2 heteroatoms. The van der Waals surface area contributed by atoms with Crippen LogP contribution in [0.2, 0.25) is 0 Å². The Morgan fingerprint density at radius 2 is 0.705 bits per heavy atom. The molecule has 0 N–H and O–H groups in total. The summed E-state index contributed by atoms with van der Waals surface area (Å²) in [5, 5.41) is 0. The van der Waals surface area contributed by atoms with Crippen LogP contribution >= 0.6 is 0 Å². The van der Waals surface area contributed by atoms with Crippen LogP contribution in [-0.2, 0) is 25.7 Å². The van der Waals surface area contributed by atoms with Gasteiger partial charge in [0.15, 0.2) is 0 Å². The van der Waals surface area contributed by atoms with E-state index in [0.717, 1.165) is 37.1 Å². The third-order valence-electron chi connectivity index (χ3n) is 8.97. The zero-order valence-electron chi connectivity index (χ0n) is 29.9. The molecule has 0 atom stereocenters. The fraction of sp³-hybridized carbons (Fsp3) is 0.667. The lowest BCUT2D eigenvalue weighted by Crippen LogP contribution is -2.14. The van der Waals surface area contributed by atoms with Gasteiger partial charge in [0.25, 0.3) is 0 Å². The van der Waals surface area contributed by atoms with Crippen LogP contribution in [0, 0.1) is 0 Å². The summed E-state index contributed by atoms with van der Waals surface area (Å²) < 4.78 is 0. The van der Waals surface area contributed by atoms with E-state index in [0.29, 0.717) is 0 Å². The molecule has 2 aromatic rings. The number of nitrogens with zero attached hydrogens (tertiary/aromatic N) is 2. The fourth-order valence-electron chi connectivity index (χ4n) is 6.11. The van der Waals surface area contributed by atoms with Gasteiger partial charge in [-0.25, -0.2) is 0 Å². The van der Waals surface area contributed by atoms with Crippen molar-refractivity contribution in [2.45, 2.75) is 183 Å². The number of unbranched alkanes of at least 4 members (excludes halogenated alkanes) is 10. The minimum atomic E-state index is 1.00. The van der Waals surface area contributed by atoms with Crippen LogP contribution in [0.25, 0.3) is 0 Å². The topological polar surface area (TPSA) is 24.7 Å². The van der Waals surface area contributed by atoms with Crippen LogP contribution < -0.4 is 0 Å². The van der Waals surface area contributed by atoms with Crippen molar-refractivity contribution < 1.29 is 0 Å². The summed E-state index contributed by atoms with van der Waals surface area (Å²) in [6.07, 6.45) is 26.8. The Hall–Kier alpha value is -2.22. The van der Waals surface area contributed by atoms with Crippen LogP contribution in [0.4, 0.5) is 11.4 Å². The van der Waals surface area contributed by atoms with Gasteiger partial charge >= 0.3 is 0 Å². The van der Waals surface area contributed by atoms with Crippen LogP contribution in [0.15, 0.2) is 46.4 Å². The van der Waals surface area contributed by atoms with Crippen LogP contribution in [0.1, 0.15) is 179 Å². The Morgan fingerprint density at radius 3 is 1.02 bits per heavy atom. The van der Waals surface area contributed by atoms with Gasteiger partial charge in [0.1, 0.15) is 0 Å². The summed E-state index contributed by atoms with van der Waals surface area (Å²) in [5.41, 5.74) is 10.8. The number of benzene rings is 2. The van der Waals surface area contributed by atoms with Gasteiger partial charge < -0.3 is 0 Å². The van der Waals surface area contributed by atoms with E-state index in [-0.39, 0.29) is 0 Å². The molecule has 0 aliphatic heterocycles. The molecule has 2 rings (SSSR count). The van der Waals surface area contributed by atoms with E-state index < -0.39 is 0 Å². The smallest absolute Gasteiger partial charge is 0.0636 e. The van der Waals surface area contributed by atoms with Gasteiger partial charge in [0.2, 0.25) is 0 Å². The number of aryl methyl sites for hydroxylation is 4. The summed E-state index contributed by atoms with van der Waals surface area (Å²) in [6.45, 7) is 13.8. The number of rotatable bonds is 25. The van der Waals surface area contributed by atoms with E-state index in [1.54, 1.807) is 0 Å². The molecule has 2 aromatic carbocycles. The molecule has 246 valence electrons. The zero-order chi connectivity index (χ0) is 31.8. The van der Waals surface area contributed by atoms with Crippen molar-refractivity contribution >= 4 is 22.8 Å². The van der Waals surface area contributed by atoms with E-state index in [4.69, 9.17) is 9.98 Å². The normalized spacial score (nSPS) is 12.3. The highest BCUT2D eigenvalue weighted by Crippen LogP contribution is 2.26. The molecule has 0 saturated carbocycles. The van der Waals surface area contributed by atoms with E-state index in [2.05, 4.69) is 77.9 Å². The Bertz CT molecular complexity index is 1010. The number of hydrogen-bond acceptors (Lipinski definition) is 2. The molecule has 0 aliphatic carbocycles. The van der Waals surface area contributed by atoms with Gasteiger partial charge in [-0.3, -0.25) is 9.98 Å². The highest BCUT2D eigenvalue weighted by Gasteiger charge is 2.13. The standard InChI is InChI=1S/C42H68N2/c1-7-13-19-23-35-29-31-39(33-37(35)25-21-15-9-3)43-41(27-17-11-5)42(28-18-12-6)44-40-32-30-36(24-20-14-8-2)38(34-40)26-22-16-10-4/h29-34H,7-28H2,1-6H3. The van der Waals surface area contributed by atoms with E-state index in [1.807, 2.05) is 0 Å². The predicted octanol–water partition coefficient (Wildman–Crippen LogP) is 13.8. The lowest BCUT2D eigenvalue weighted by Gasteiger charge is -2.14. The van der Waals surface area contributed by atoms with Crippen LogP contribution in [0.5, 0.6) is 0 Å². The van der Waals surface area contributed by atoms with Gasteiger partial charge in [-0.1, -0.05) is 118 Å². The first-order chi connectivity index (χ1) is 21.6. The first-order valence-corrected chi connectivity index (χ1v) is 19.0. The number of aliphatic imine (C=N–C) groups is 2. The summed E-state index contributed by atoms with van der Waals surface area (Å²) in [5.74, 6) is 0. The maximum atomic E-state index is 5.41. The second-order valence-electron chi connectivity index (χ2n) is 13.1. The monoisotopic (exact) mass is 601 g/mol. The molecular weight excluding hydrogens is 532 g/mol. The first kappa shape index (κ1) is 38.0. The maximum Gasteiger partial charge on any atom is 0.0636 e. The van der Waals surface area contributed by atoms with Crippen molar-refractivity contribution in [1.29, 1.82) is 0 Å². The van der Waals surface area contributed by atoms with Crippen LogP contribution in [-0.4, -0.2) is 11.4 Å². The molecule has 0 radical (unpaired) electrons. The van der Waals surface area contributed by atoms with E-state index in [1.165, 1.54) is 149 Å². The van der Waals surface area contributed by atoms with Crippen LogP contribution in [0.3, 0.4) is 0 Å². The molecule has 0 amide bonds. The molecule has 0 fully saturated rings. The summed E-state index contributed by atoms with van der Waals surface area (Å²) >= 11 is 0. The van der Waals surface area contributed by atoms with Gasteiger partial charge in [0.05, 0.1) is 22.8 Å². The number of hydrogen-bond donors (Lipinski definition) is 0.